The highest BCUT2D eigenvalue weighted by Crippen LogP contribution is 2.63. The number of carbonyl (C=O) groups is 3. The zero-order chi connectivity index (χ0) is 14.8. The van der Waals surface area contributed by atoms with E-state index in [4.69, 9.17) is 5.11 Å². The average Bonchev–Trinajstić information content (AvgIpc) is 2.81. The van der Waals surface area contributed by atoms with Gasteiger partial charge >= 0.3 is 5.97 Å². The van der Waals surface area contributed by atoms with Gasteiger partial charge < -0.3 is 5.11 Å². The van der Waals surface area contributed by atoms with E-state index in [9.17, 15) is 18.8 Å². The Labute approximate surface area is 114 Å². The third-order valence-electron chi connectivity index (χ3n) is 4.24. The van der Waals surface area contributed by atoms with Crippen LogP contribution >= 0.6 is 0 Å². The first-order valence-corrected chi connectivity index (χ1v) is 6.17. The molecular weight excluding hydrogens is 265 g/mol. The van der Waals surface area contributed by atoms with Crippen molar-refractivity contribution in [1.82, 2.24) is 0 Å². The molecule has 0 aromatic heterocycles. The van der Waals surface area contributed by atoms with Gasteiger partial charge in [0.05, 0.1) is 23.1 Å². The summed E-state index contributed by atoms with van der Waals surface area (Å²) in [6.07, 6.45) is 0. The standard InChI is InChI=1S/C14H12FNO4/c1-14(2)9-10(14)12(18)16(11(9)17)8-4-3-6(13(19)20)5-7(8)15/h3-5,9-10H,1-2H3,(H,19,20). The molecule has 3 rings (SSSR count). The Balaban J connectivity index is 1.98. The van der Waals surface area contributed by atoms with Crippen LogP contribution in [-0.2, 0) is 9.59 Å². The molecule has 2 atom stereocenters. The second kappa shape index (κ2) is 3.65. The quantitative estimate of drug-likeness (QED) is 0.834. The molecule has 0 bridgehead atoms. The first-order chi connectivity index (χ1) is 9.26. The fraction of sp³-hybridized carbons (Fsp3) is 0.357. The van der Waals surface area contributed by atoms with Crippen LogP contribution < -0.4 is 4.90 Å². The number of hydrogen-bond donors (Lipinski definition) is 1. The Bertz CT molecular complexity index is 643. The lowest BCUT2D eigenvalue weighted by molar-refractivity contribution is -0.125. The maximum absolute atomic E-state index is 13.9. The van der Waals surface area contributed by atoms with Crippen molar-refractivity contribution < 1.29 is 23.9 Å². The minimum absolute atomic E-state index is 0.173. The summed E-state index contributed by atoms with van der Waals surface area (Å²) in [6.45, 7) is 3.67. The highest BCUT2D eigenvalue weighted by atomic mass is 19.1. The first-order valence-electron chi connectivity index (χ1n) is 6.17. The molecule has 20 heavy (non-hydrogen) atoms. The SMILES string of the molecule is CC1(C)C2C(=O)N(c3ccc(C(=O)O)cc3F)C(=O)C21. The van der Waals surface area contributed by atoms with Crippen molar-refractivity contribution in [2.45, 2.75) is 13.8 Å². The summed E-state index contributed by atoms with van der Waals surface area (Å²) in [7, 11) is 0. The summed E-state index contributed by atoms with van der Waals surface area (Å²) < 4.78 is 13.9. The van der Waals surface area contributed by atoms with Gasteiger partial charge in [-0.25, -0.2) is 14.1 Å². The van der Waals surface area contributed by atoms with Crippen molar-refractivity contribution in [3.8, 4) is 0 Å². The number of aromatic carboxylic acids is 1. The van der Waals surface area contributed by atoms with Crippen molar-refractivity contribution in [3.63, 3.8) is 0 Å². The summed E-state index contributed by atoms with van der Waals surface area (Å²) >= 11 is 0. The van der Waals surface area contributed by atoms with Gasteiger partial charge in [0.25, 0.3) is 0 Å². The second-order valence-electron chi connectivity index (χ2n) is 5.76. The number of imide groups is 1. The fourth-order valence-corrected chi connectivity index (χ4v) is 3.01. The lowest BCUT2D eigenvalue weighted by atomic mass is 10.0. The van der Waals surface area contributed by atoms with E-state index in [0.717, 1.165) is 17.0 Å². The predicted molar refractivity (Wildman–Crippen MR) is 66.6 cm³/mol. The molecule has 1 N–H and O–H groups in total. The van der Waals surface area contributed by atoms with Crippen LogP contribution in [0.15, 0.2) is 18.2 Å². The molecule has 104 valence electrons. The molecule has 5 nitrogen and oxygen atoms in total. The molecular formula is C14H12FNO4. The molecule has 2 unspecified atom stereocenters. The number of amides is 2. The van der Waals surface area contributed by atoms with Crippen LogP contribution in [0.4, 0.5) is 10.1 Å². The van der Waals surface area contributed by atoms with Gasteiger partial charge in [-0.05, 0) is 23.6 Å². The van der Waals surface area contributed by atoms with E-state index >= 15 is 0 Å². The number of carboxylic acids is 1. The zero-order valence-corrected chi connectivity index (χ0v) is 10.9. The topological polar surface area (TPSA) is 74.7 Å². The number of rotatable bonds is 2. The fourth-order valence-electron chi connectivity index (χ4n) is 3.01. The zero-order valence-electron chi connectivity index (χ0n) is 10.9. The van der Waals surface area contributed by atoms with Gasteiger partial charge in [0.15, 0.2) is 0 Å². The van der Waals surface area contributed by atoms with Gasteiger partial charge in [0.2, 0.25) is 11.8 Å². The van der Waals surface area contributed by atoms with E-state index in [1.54, 1.807) is 0 Å². The number of nitrogens with zero attached hydrogens (tertiary/aromatic N) is 1. The van der Waals surface area contributed by atoms with E-state index in [1.165, 1.54) is 6.07 Å². The van der Waals surface area contributed by atoms with Crippen molar-refractivity contribution >= 4 is 23.5 Å². The molecule has 1 aromatic carbocycles. The Morgan fingerprint density at radius 1 is 1.25 bits per heavy atom. The van der Waals surface area contributed by atoms with Crippen LogP contribution in [0.5, 0.6) is 0 Å². The molecule has 0 spiro atoms. The van der Waals surface area contributed by atoms with Gasteiger partial charge in [-0.15, -0.1) is 0 Å². The van der Waals surface area contributed by atoms with Crippen LogP contribution in [0.2, 0.25) is 0 Å². The molecule has 1 aliphatic heterocycles. The molecule has 2 aliphatic rings. The van der Waals surface area contributed by atoms with Gasteiger partial charge in [-0.2, -0.15) is 0 Å². The normalized spacial score (nSPS) is 26.6. The average molecular weight is 277 g/mol. The Morgan fingerprint density at radius 2 is 1.80 bits per heavy atom. The van der Waals surface area contributed by atoms with E-state index in [1.807, 2.05) is 13.8 Å². The van der Waals surface area contributed by atoms with Crippen LogP contribution in [0.1, 0.15) is 24.2 Å². The summed E-state index contributed by atoms with van der Waals surface area (Å²) in [5, 5.41) is 8.77. The van der Waals surface area contributed by atoms with Crippen molar-refractivity contribution in [2.75, 3.05) is 4.90 Å². The molecule has 1 saturated carbocycles. The molecule has 1 aromatic rings. The van der Waals surface area contributed by atoms with Crippen molar-refractivity contribution in [1.29, 1.82) is 0 Å². The Morgan fingerprint density at radius 3 is 2.25 bits per heavy atom. The molecule has 1 heterocycles. The van der Waals surface area contributed by atoms with Gasteiger partial charge in [0.1, 0.15) is 5.82 Å². The summed E-state index contributed by atoms with van der Waals surface area (Å²) in [6, 6.07) is 3.15. The maximum Gasteiger partial charge on any atom is 0.335 e. The number of hydrogen-bond acceptors (Lipinski definition) is 3. The number of piperidine rings is 1. The van der Waals surface area contributed by atoms with Crippen molar-refractivity contribution in [2.24, 2.45) is 17.3 Å². The van der Waals surface area contributed by atoms with Crippen LogP contribution in [-0.4, -0.2) is 22.9 Å². The number of carbonyl (C=O) groups excluding carboxylic acids is 2. The van der Waals surface area contributed by atoms with Gasteiger partial charge in [-0.1, -0.05) is 13.8 Å². The smallest absolute Gasteiger partial charge is 0.335 e. The molecule has 2 fully saturated rings. The number of anilines is 1. The first kappa shape index (κ1) is 12.8. The van der Waals surface area contributed by atoms with Crippen molar-refractivity contribution in [3.05, 3.63) is 29.6 Å². The number of halogens is 1. The summed E-state index contributed by atoms with van der Waals surface area (Å²) in [5.41, 5.74) is -0.758. The minimum atomic E-state index is -1.27. The molecule has 1 aliphatic carbocycles. The maximum atomic E-state index is 13.9. The third-order valence-corrected chi connectivity index (χ3v) is 4.24. The van der Waals surface area contributed by atoms with Crippen LogP contribution in [0.3, 0.4) is 0 Å². The lowest BCUT2D eigenvalue weighted by Crippen LogP contribution is -2.36. The molecule has 1 saturated heterocycles. The molecule has 0 radical (unpaired) electrons. The highest BCUT2D eigenvalue weighted by Gasteiger charge is 2.72. The third kappa shape index (κ3) is 1.44. The van der Waals surface area contributed by atoms with E-state index in [-0.39, 0.29) is 16.7 Å². The lowest BCUT2D eigenvalue weighted by Gasteiger charge is -2.21. The second-order valence-corrected chi connectivity index (χ2v) is 5.76. The largest absolute Gasteiger partial charge is 0.478 e. The predicted octanol–water partition coefficient (Wildman–Crippen LogP) is 1.67. The number of fused-ring (bicyclic) bond motifs is 1. The highest BCUT2D eigenvalue weighted by molar-refractivity contribution is 6.25. The monoisotopic (exact) mass is 277 g/mol. The van der Waals surface area contributed by atoms with E-state index < -0.39 is 35.4 Å². The summed E-state index contributed by atoms with van der Waals surface area (Å²) in [4.78, 5) is 35.9. The van der Waals surface area contributed by atoms with Gasteiger partial charge in [0, 0.05) is 0 Å². The Kier molecular flexibility index (Phi) is 2.33. The number of carboxylic acid groups (broad SMARTS) is 1. The van der Waals surface area contributed by atoms with Crippen LogP contribution in [0.25, 0.3) is 0 Å². The van der Waals surface area contributed by atoms with E-state index in [2.05, 4.69) is 0 Å². The van der Waals surface area contributed by atoms with Crippen LogP contribution in [0, 0.1) is 23.1 Å². The molecule has 2 amide bonds. The van der Waals surface area contributed by atoms with E-state index in [0.29, 0.717) is 0 Å². The van der Waals surface area contributed by atoms with Gasteiger partial charge in [-0.3, -0.25) is 9.59 Å². The Hall–Kier alpha value is -2.24. The summed E-state index contributed by atoms with van der Waals surface area (Å²) in [5.74, 6) is -3.76. The number of benzene rings is 1. The minimum Gasteiger partial charge on any atom is -0.478 e. The molecule has 6 heteroatoms.